The van der Waals surface area contributed by atoms with Gasteiger partial charge in [-0.25, -0.2) is 0 Å². The van der Waals surface area contributed by atoms with E-state index >= 15 is 0 Å². The highest BCUT2D eigenvalue weighted by atomic mass is 16.1. The van der Waals surface area contributed by atoms with Crippen molar-refractivity contribution in [2.45, 2.75) is 26.7 Å². The Hall–Kier alpha value is -3.48. The van der Waals surface area contributed by atoms with Crippen molar-refractivity contribution in [3.63, 3.8) is 0 Å². The molecule has 0 radical (unpaired) electrons. The van der Waals surface area contributed by atoms with E-state index in [1.54, 1.807) is 18.3 Å². The number of benzene rings is 2. The van der Waals surface area contributed by atoms with Crippen LogP contribution in [0.3, 0.4) is 0 Å². The van der Waals surface area contributed by atoms with Crippen molar-refractivity contribution in [1.29, 1.82) is 0 Å². The number of anilines is 5. The minimum absolute atomic E-state index is 0.108. The molecule has 0 unspecified atom stereocenters. The predicted octanol–water partition coefficient (Wildman–Crippen LogP) is 4.44. The van der Waals surface area contributed by atoms with Crippen molar-refractivity contribution in [2.24, 2.45) is 0 Å². The first-order chi connectivity index (χ1) is 13.0. The van der Waals surface area contributed by atoms with Crippen LogP contribution in [0.25, 0.3) is 0 Å². The molecule has 0 atom stereocenters. The van der Waals surface area contributed by atoms with Gasteiger partial charge < -0.3 is 16.0 Å². The number of nitrogens with one attached hydrogen (secondary N) is 3. The Morgan fingerprint density at radius 2 is 1.48 bits per heavy atom. The van der Waals surface area contributed by atoms with Crippen molar-refractivity contribution in [3.05, 3.63) is 60.3 Å². The summed E-state index contributed by atoms with van der Waals surface area (Å²) in [5.74, 6) is 1.36. The lowest BCUT2D eigenvalue weighted by atomic mass is 10.0. The fourth-order valence-electron chi connectivity index (χ4n) is 2.49. The molecule has 0 aliphatic heterocycles. The van der Waals surface area contributed by atoms with E-state index in [0.717, 1.165) is 17.1 Å². The average Bonchev–Trinajstić information content (AvgIpc) is 2.64. The van der Waals surface area contributed by atoms with Crippen molar-refractivity contribution < 1.29 is 4.79 Å². The summed E-state index contributed by atoms with van der Waals surface area (Å²) in [5.41, 5.74) is 3.74. The molecule has 7 nitrogen and oxygen atoms in total. The molecule has 3 aromatic rings. The molecule has 3 N–H and O–H groups in total. The topological polar surface area (TPSA) is 91.8 Å². The molecule has 1 aromatic heterocycles. The van der Waals surface area contributed by atoms with Crippen molar-refractivity contribution >= 4 is 34.7 Å². The SMILES string of the molecule is CC(=O)Nc1ccc(Nc2nncc(Nc3ccc(C(C)C)cc3)n2)cc1. The van der Waals surface area contributed by atoms with Gasteiger partial charge in [0.25, 0.3) is 0 Å². The largest absolute Gasteiger partial charge is 0.339 e. The molecule has 1 heterocycles. The van der Waals surface area contributed by atoms with E-state index in [1.807, 2.05) is 24.3 Å². The number of carbonyl (C=O) groups excluding carboxylic acids is 1. The van der Waals surface area contributed by atoms with E-state index in [0.29, 0.717) is 17.7 Å². The van der Waals surface area contributed by atoms with Crippen LogP contribution in [-0.4, -0.2) is 21.1 Å². The molecule has 0 bridgehead atoms. The van der Waals surface area contributed by atoms with Gasteiger partial charge in [-0.05, 0) is 47.9 Å². The first kappa shape index (κ1) is 18.3. The maximum absolute atomic E-state index is 11.1. The molecule has 138 valence electrons. The van der Waals surface area contributed by atoms with E-state index < -0.39 is 0 Å². The summed E-state index contributed by atoms with van der Waals surface area (Å²) < 4.78 is 0. The number of rotatable bonds is 6. The molecule has 0 aliphatic carbocycles. The van der Waals surface area contributed by atoms with Crippen LogP contribution in [0, 0.1) is 0 Å². The van der Waals surface area contributed by atoms with Gasteiger partial charge in [-0.3, -0.25) is 4.79 Å². The Bertz CT molecular complexity index is 907. The van der Waals surface area contributed by atoms with Crippen LogP contribution in [0.2, 0.25) is 0 Å². The first-order valence-corrected chi connectivity index (χ1v) is 8.71. The van der Waals surface area contributed by atoms with E-state index in [2.05, 4.69) is 57.1 Å². The van der Waals surface area contributed by atoms with E-state index in [-0.39, 0.29) is 5.91 Å². The van der Waals surface area contributed by atoms with Crippen LogP contribution in [-0.2, 0) is 4.79 Å². The zero-order chi connectivity index (χ0) is 19.2. The van der Waals surface area contributed by atoms with Crippen LogP contribution in [0.5, 0.6) is 0 Å². The average molecular weight is 362 g/mol. The maximum Gasteiger partial charge on any atom is 0.249 e. The van der Waals surface area contributed by atoms with Gasteiger partial charge in [0.2, 0.25) is 11.9 Å². The summed E-state index contributed by atoms with van der Waals surface area (Å²) in [6, 6.07) is 15.5. The summed E-state index contributed by atoms with van der Waals surface area (Å²) in [6.07, 6.45) is 1.57. The highest BCUT2D eigenvalue weighted by Gasteiger charge is 2.04. The van der Waals surface area contributed by atoms with Gasteiger partial charge in [0.05, 0.1) is 6.20 Å². The van der Waals surface area contributed by atoms with E-state index in [9.17, 15) is 4.79 Å². The number of amides is 1. The second-order valence-corrected chi connectivity index (χ2v) is 6.45. The zero-order valence-electron chi connectivity index (χ0n) is 15.5. The van der Waals surface area contributed by atoms with Crippen molar-refractivity contribution in [1.82, 2.24) is 15.2 Å². The Morgan fingerprint density at radius 3 is 2.11 bits per heavy atom. The lowest BCUT2D eigenvalue weighted by Crippen LogP contribution is -2.06. The minimum atomic E-state index is -0.108. The summed E-state index contributed by atoms with van der Waals surface area (Å²) in [6.45, 7) is 5.80. The molecule has 2 aromatic carbocycles. The number of hydrogen-bond acceptors (Lipinski definition) is 6. The molecule has 0 spiro atoms. The lowest BCUT2D eigenvalue weighted by molar-refractivity contribution is -0.114. The lowest BCUT2D eigenvalue weighted by Gasteiger charge is -2.10. The predicted molar refractivity (Wildman–Crippen MR) is 108 cm³/mol. The summed E-state index contributed by atoms with van der Waals surface area (Å²) in [5, 5.41) is 17.0. The van der Waals surface area contributed by atoms with Crippen LogP contribution in [0.1, 0.15) is 32.3 Å². The summed E-state index contributed by atoms with van der Waals surface area (Å²) in [7, 11) is 0. The van der Waals surface area contributed by atoms with Crippen LogP contribution in [0.4, 0.5) is 28.8 Å². The van der Waals surface area contributed by atoms with Crippen LogP contribution >= 0.6 is 0 Å². The van der Waals surface area contributed by atoms with Crippen LogP contribution in [0.15, 0.2) is 54.7 Å². The monoisotopic (exact) mass is 362 g/mol. The van der Waals surface area contributed by atoms with Crippen molar-refractivity contribution in [3.8, 4) is 0 Å². The fourth-order valence-corrected chi connectivity index (χ4v) is 2.49. The summed E-state index contributed by atoms with van der Waals surface area (Å²) in [4.78, 5) is 15.5. The Morgan fingerprint density at radius 1 is 0.889 bits per heavy atom. The Labute approximate surface area is 158 Å². The van der Waals surface area contributed by atoms with Gasteiger partial charge in [-0.2, -0.15) is 10.1 Å². The van der Waals surface area contributed by atoms with Gasteiger partial charge in [0, 0.05) is 24.0 Å². The van der Waals surface area contributed by atoms with E-state index in [4.69, 9.17) is 0 Å². The molecule has 7 heteroatoms. The van der Waals surface area contributed by atoms with Gasteiger partial charge in [0.15, 0.2) is 5.82 Å². The second kappa shape index (κ2) is 8.27. The minimum Gasteiger partial charge on any atom is -0.339 e. The van der Waals surface area contributed by atoms with Gasteiger partial charge in [-0.15, -0.1) is 5.10 Å². The molecule has 1 amide bonds. The Balaban J connectivity index is 1.67. The number of carbonyl (C=O) groups is 1. The zero-order valence-corrected chi connectivity index (χ0v) is 15.5. The number of nitrogens with zero attached hydrogens (tertiary/aromatic N) is 3. The van der Waals surface area contributed by atoms with E-state index in [1.165, 1.54) is 12.5 Å². The number of aromatic nitrogens is 3. The number of hydrogen-bond donors (Lipinski definition) is 3. The first-order valence-electron chi connectivity index (χ1n) is 8.71. The molecule has 0 saturated heterocycles. The normalized spacial score (nSPS) is 10.5. The van der Waals surface area contributed by atoms with Gasteiger partial charge in [0.1, 0.15) is 0 Å². The molecule has 0 aliphatic rings. The smallest absolute Gasteiger partial charge is 0.249 e. The molecule has 0 fully saturated rings. The third kappa shape index (κ3) is 5.24. The third-order valence-corrected chi connectivity index (χ3v) is 3.87. The fraction of sp³-hybridized carbons (Fsp3) is 0.200. The van der Waals surface area contributed by atoms with Crippen LogP contribution < -0.4 is 16.0 Å². The highest BCUT2D eigenvalue weighted by Crippen LogP contribution is 2.21. The third-order valence-electron chi connectivity index (χ3n) is 3.87. The quantitative estimate of drug-likeness (QED) is 0.600. The van der Waals surface area contributed by atoms with Gasteiger partial charge >= 0.3 is 0 Å². The van der Waals surface area contributed by atoms with Gasteiger partial charge in [-0.1, -0.05) is 26.0 Å². The molecule has 27 heavy (non-hydrogen) atoms. The molecule has 3 rings (SSSR count). The Kier molecular flexibility index (Phi) is 5.61. The highest BCUT2D eigenvalue weighted by molar-refractivity contribution is 5.88. The molecular weight excluding hydrogens is 340 g/mol. The summed E-state index contributed by atoms with van der Waals surface area (Å²) >= 11 is 0. The van der Waals surface area contributed by atoms with Crippen molar-refractivity contribution in [2.75, 3.05) is 16.0 Å². The molecule has 0 saturated carbocycles. The maximum atomic E-state index is 11.1. The second-order valence-electron chi connectivity index (χ2n) is 6.45. The molecular formula is C20H22N6O. The standard InChI is InChI=1S/C20H22N6O/c1-13(2)15-4-6-17(7-5-15)23-19-12-21-26-20(25-19)24-18-10-8-16(9-11-18)22-14(3)27/h4-13H,1-3H3,(H,22,27)(H2,23,24,25,26).